The Morgan fingerprint density at radius 3 is 2.67 bits per heavy atom. The van der Waals surface area contributed by atoms with Crippen molar-refractivity contribution in [1.82, 2.24) is 19.2 Å². The standard InChI is InChI=1S/C19H26N4O3S/c1-20-16-7-9-19(10-8-16)13-23(11-15-5-3-4-6-17(15)26-19)27(24,25)18-12-22(2)14-21-18/h3-6,12,14,16,20H,7-11,13H2,1-2H3. The quantitative estimate of drug-likeness (QED) is 0.866. The van der Waals surface area contributed by atoms with E-state index in [1.165, 1.54) is 6.33 Å². The maximum Gasteiger partial charge on any atom is 0.262 e. The number of benzene rings is 1. The molecule has 1 aromatic heterocycles. The predicted molar refractivity (Wildman–Crippen MR) is 102 cm³/mol. The number of nitrogens with one attached hydrogen (secondary N) is 1. The van der Waals surface area contributed by atoms with Crippen molar-refractivity contribution in [3.8, 4) is 5.75 Å². The van der Waals surface area contributed by atoms with Gasteiger partial charge in [0.2, 0.25) is 0 Å². The summed E-state index contributed by atoms with van der Waals surface area (Å²) in [5.41, 5.74) is 0.395. The van der Waals surface area contributed by atoms with Crippen LogP contribution in [0.15, 0.2) is 41.8 Å². The van der Waals surface area contributed by atoms with Crippen molar-refractivity contribution in [2.24, 2.45) is 7.05 Å². The van der Waals surface area contributed by atoms with E-state index in [4.69, 9.17) is 4.74 Å². The lowest BCUT2D eigenvalue weighted by Crippen LogP contribution is -2.51. The largest absolute Gasteiger partial charge is 0.486 e. The third-order valence-corrected chi connectivity index (χ3v) is 7.38. The van der Waals surface area contributed by atoms with Crippen molar-refractivity contribution < 1.29 is 13.2 Å². The number of fused-ring (bicyclic) bond motifs is 1. The number of hydrogen-bond acceptors (Lipinski definition) is 5. The van der Waals surface area contributed by atoms with Crippen molar-refractivity contribution in [3.05, 3.63) is 42.4 Å². The van der Waals surface area contributed by atoms with Crippen LogP contribution in [0.2, 0.25) is 0 Å². The Bertz CT molecular complexity index is 917. The fourth-order valence-corrected chi connectivity index (χ4v) is 5.54. The lowest BCUT2D eigenvalue weighted by atomic mass is 9.82. The SMILES string of the molecule is CNC1CCC2(CC1)CN(S(=O)(=O)c1cn(C)cn1)Cc1ccccc1O2. The first-order chi connectivity index (χ1) is 12.9. The molecule has 27 heavy (non-hydrogen) atoms. The van der Waals surface area contributed by atoms with E-state index in [9.17, 15) is 8.42 Å². The van der Waals surface area contributed by atoms with Crippen LogP contribution in [-0.4, -0.2) is 47.5 Å². The Kier molecular flexibility index (Phi) is 4.73. The molecular formula is C19H26N4O3S. The zero-order valence-corrected chi connectivity index (χ0v) is 16.6. The van der Waals surface area contributed by atoms with Gasteiger partial charge in [-0.25, -0.2) is 13.4 Å². The number of ether oxygens (including phenoxy) is 1. The van der Waals surface area contributed by atoms with Crippen molar-refractivity contribution in [2.75, 3.05) is 13.6 Å². The van der Waals surface area contributed by atoms with Crippen molar-refractivity contribution in [3.63, 3.8) is 0 Å². The average molecular weight is 391 g/mol. The maximum atomic E-state index is 13.3. The molecule has 1 spiro atoms. The first kappa shape index (κ1) is 18.5. The van der Waals surface area contributed by atoms with Crippen LogP contribution in [0.1, 0.15) is 31.2 Å². The minimum atomic E-state index is -3.70. The Hall–Kier alpha value is -1.90. The maximum absolute atomic E-state index is 13.3. The third kappa shape index (κ3) is 3.49. The van der Waals surface area contributed by atoms with Gasteiger partial charge in [0.25, 0.3) is 10.0 Å². The molecule has 0 unspecified atom stereocenters. The summed E-state index contributed by atoms with van der Waals surface area (Å²) >= 11 is 0. The van der Waals surface area contributed by atoms with Crippen molar-refractivity contribution >= 4 is 10.0 Å². The van der Waals surface area contributed by atoms with Gasteiger partial charge in [0, 0.05) is 31.4 Å². The topological polar surface area (TPSA) is 76.5 Å². The second-order valence-corrected chi connectivity index (χ2v) is 9.49. The number of para-hydroxylation sites is 1. The van der Waals surface area contributed by atoms with Gasteiger partial charge in [-0.15, -0.1) is 0 Å². The minimum absolute atomic E-state index is 0.0865. The molecule has 8 heteroatoms. The fraction of sp³-hybridized carbons (Fsp3) is 0.526. The molecule has 7 nitrogen and oxygen atoms in total. The highest BCUT2D eigenvalue weighted by Gasteiger charge is 2.44. The van der Waals surface area contributed by atoms with E-state index >= 15 is 0 Å². The molecule has 0 saturated heterocycles. The lowest BCUT2D eigenvalue weighted by molar-refractivity contribution is 0.0138. The molecule has 1 aromatic carbocycles. The van der Waals surface area contributed by atoms with Gasteiger partial charge in [-0.3, -0.25) is 0 Å². The lowest BCUT2D eigenvalue weighted by Gasteiger charge is -2.41. The number of sulfonamides is 1. The first-order valence-electron chi connectivity index (χ1n) is 9.34. The van der Waals surface area contributed by atoms with Crippen LogP contribution in [0.5, 0.6) is 5.75 Å². The molecular weight excluding hydrogens is 364 g/mol. The number of hydrogen-bond donors (Lipinski definition) is 1. The fourth-order valence-electron chi connectivity index (χ4n) is 4.08. The summed E-state index contributed by atoms with van der Waals surface area (Å²) in [6.07, 6.45) is 6.65. The van der Waals surface area contributed by atoms with Crippen LogP contribution in [0.25, 0.3) is 0 Å². The summed E-state index contributed by atoms with van der Waals surface area (Å²) in [7, 11) is 0.0512. The minimum Gasteiger partial charge on any atom is -0.486 e. The van der Waals surface area contributed by atoms with Gasteiger partial charge >= 0.3 is 0 Å². The van der Waals surface area contributed by atoms with Gasteiger partial charge in [-0.05, 0) is 38.8 Å². The molecule has 1 fully saturated rings. The molecule has 1 N–H and O–H groups in total. The highest BCUT2D eigenvalue weighted by atomic mass is 32.2. The first-order valence-corrected chi connectivity index (χ1v) is 10.8. The Balaban J connectivity index is 1.72. The van der Waals surface area contributed by atoms with Gasteiger partial charge < -0.3 is 14.6 Å². The highest BCUT2D eigenvalue weighted by Crippen LogP contribution is 2.39. The number of aryl methyl sites for hydroxylation is 1. The van der Waals surface area contributed by atoms with Crippen LogP contribution in [0.3, 0.4) is 0 Å². The number of rotatable bonds is 3. The summed E-state index contributed by atoms with van der Waals surface area (Å²) < 4.78 is 36.3. The molecule has 0 bridgehead atoms. The van der Waals surface area contributed by atoms with E-state index < -0.39 is 15.6 Å². The van der Waals surface area contributed by atoms with Gasteiger partial charge in [0.15, 0.2) is 5.03 Å². The summed E-state index contributed by atoms with van der Waals surface area (Å²) in [4.78, 5) is 4.09. The van der Waals surface area contributed by atoms with E-state index in [0.717, 1.165) is 37.0 Å². The van der Waals surface area contributed by atoms with Crippen LogP contribution >= 0.6 is 0 Å². The van der Waals surface area contributed by atoms with Crippen molar-refractivity contribution in [1.29, 1.82) is 0 Å². The Morgan fingerprint density at radius 2 is 2.00 bits per heavy atom. The van der Waals surface area contributed by atoms with E-state index in [-0.39, 0.29) is 5.03 Å². The molecule has 4 rings (SSSR count). The normalized spacial score (nSPS) is 26.4. The summed E-state index contributed by atoms with van der Waals surface area (Å²) in [6, 6.07) is 8.20. The molecule has 0 amide bonds. The zero-order valence-electron chi connectivity index (χ0n) is 15.8. The monoisotopic (exact) mass is 390 g/mol. The van der Waals surface area contributed by atoms with Gasteiger partial charge in [-0.2, -0.15) is 4.31 Å². The van der Waals surface area contributed by atoms with E-state index in [1.54, 1.807) is 22.1 Å². The molecule has 2 aliphatic rings. The molecule has 2 heterocycles. The van der Waals surface area contributed by atoms with E-state index in [2.05, 4.69) is 10.3 Å². The highest BCUT2D eigenvalue weighted by molar-refractivity contribution is 7.89. The summed E-state index contributed by atoms with van der Waals surface area (Å²) in [5, 5.41) is 3.42. The van der Waals surface area contributed by atoms with Crippen LogP contribution < -0.4 is 10.1 Å². The number of aromatic nitrogens is 2. The van der Waals surface area contributed by atoms with E-state index in [1.807, 2.05) is 31.3 Å². The second kappa shape index (κ2) is 6.92. The second-order valence-electron chi connectivity index (χ2n) is 7.61. The number of nitrogens with zero attached hydrogens (tertiary/aromatic N) is 3. The van der Waals surface area contributed by atoms with Gasteiger partial charge in [0.05, 0.1) is 12.9 Å². The summed E-state index contributed by atoms with van der Waals surface area (Å²) in [6.45, 7) is 0.642. The van der Waals surface area contributed by atoms with Gasteiger partial charge in [-0.1, -0.05) is 18.2 Å². The molecule has 1 aliphatic heterocycles. The zero-order chi connectivity index (χ0) is 19.1. The average Bonchev–Trinajstić information content (AvgIpc) is 3.03. The Morgan fingerprint density at radius 1 is 1.26 bits per heavy atom. The van der Waals surface area contributed by atoms with Crippen molar-refractivity contribution in [2.45, 2.75) is 48.9 Å². The molecule has 146 valence electrons. The molecule has 1 saturated carbocycles. The smallest absolute Gasteiger partial charge is 0.262 e. The molecule has 2 aromatic rings. The molecule has 1 aliphatic carbocycles. The van der Waals surface area contributed by atoms with Crippen LogP contribution in [0.4, 0.5) is 0 Å². The Labute approximate surface area is 160 Å². The van der Waals surface area contributed by atoms with E-state index in [0.29, 0.717) is 19.1 Å². The van der Waals surface area contributed by atoms with Crippen LogP contribution in [0, 0.1) is 0 Å². The van der Waals surface area contributed by atoms with Gasteiger partial charge in [0.1, 0.15) is 11.4 Å². The third-order valence-electron chi connectivity index (χ3n) is 5.70. The number of imidazole rings is 1. The molecule has 0 atom stereocenters. The predicted octanol–water partition coefficient (Wildman–Crippen LogP) is 1.90. The van der Waals surface area contributed by atoms with Crippen LogP contribution in [-0.2, 0) is 23.6 Å². The summed E-state index contributed by atoms with van der Waals surface area (Å²) in [5.74, 6) is 0.791. The molecule has 0 radical (unpaired) electrons.